The number of aromatic nitrogens is 2. The Morgan fingerprint density at radius 2 is 2.07 bits per heavy atom. The lowest BCUT2D eigenvalue weighted by Gasteiger charge is -2.30. The molecule has 1 aliphatic rings. The van der Waals surface area contributed by atoms with Crippen LogP contribution >= 0.6 is 11.3 Å². The molecular weight excluding hydrogens is 388 g/mol. The number of sulfonamides is 1. The summed E-state index contributed by atoms with van der Waals surface area (Å²) in [6, 6.07) is 7.42. The smallest absolute Gasteiger partial charge is 0.230 e. The Morgan fingerprint density at radius 1 is 1.33 bits per heavy atom. The number of nitrogens with zero attached hydrogens (tertiary/aromatic N) is 3. The van der Waals surface area contributed by atoms with E-state index in [1.165, 1.54) is 15.6 Å². The summed E-state index contributed by atoms with van der Waals surface area (Å²) in [5, 5.41) is 12.0. The zero-order chi connectivity index (χ0) is 19.4. The lowest BCUT2D eigenvalue weighted by molar-refractivity contribution is -0.120. The van der Waals surface area contributed by atoms with E-state index in [4.69, 9.17) is 4.74 Å². The number of nitrogens with one attached hydrogen (secondary N) is 1. The molecule has 0 unspecified atom stereocenters. The molecule has 1 aromatic carbocycles. The van der Waals surface area contributed by atoms with Crippen LogP contribution in [-0.2, 0) is 14.8 Å². The first kappa shape index (κ1) is 19.7. The Bertz CT molecular complexity index is 896. The maximum absolute atomic E-state index is 12.5. The van der Waals surface area contributed by atoms with Crippen LogP contribution in [0, 0.1) is 5.92 Å². The van der Waals surface area contributed by atoms with Gasteiger partial charge in [0.1, 0.15) is 10.8 Å². The van der Waals surface area contributed by atoms with Gasteiger partial charge in [0.2, 0.25) is 21.1 Å². The predicted molar refractivity (Wildman–Crippen MR) is 104 cm³/mol. The molecule has 2 heterocycles. The van der Waals surface area contributed by atoms with E-state index in [0.29, 0.717) is 29.5 Å². The highest BCUT2D eigenvalue weighted by atomic mass is 32.2. The number of piperidine rings is 1. The number of methoxy groups -OCH3 is 1. The maximum Gasteiger partial charge on any atom is 0.230 e. The van der Waals surface area contributed by atoms with Crippen LogP contribution in [0.25, 0.3) is 10.6 Å². The van der Waals surface area contributed by atoms with Gasteiger partial charge in [0, 0.05) is 18.7 Å². The van der Waals surface area contributed by atoms with Gasteiger partial charge < -0.3 is 10.1 Å². The van der Waals surface area contributed by atoms with Gasteiger partial charge in [-0.15, -0.1) is 10.2 Å². The van der Waals surface area contributed by atoms with Gasteiger partial charge in [-0.05, 0) is 44.0 Å². The summed E-state index contributed by atoms with van der Waals surface area (Å²) in [5.74, 6) is 0.195. The van der Waals surface area contributed by atoms with Gasteiger partial charge in [0.25, 0.3) is 0 Å². The van der Waals surface area contributed by atoms with Crippen molar-refractivity contribution in [3.05, 3.63) is 24.3 Å². The topological polar surface area (TPSA) is 101 Å². The monoisotopic (exact) mass is 410 g/mol. The number of benzene rings is 1. The molecule has 1 amide bonds. The van der Waals surface area contributed by atoms with Crippen molar-refractivity contribution >= 4 is 32.4 Å². The summed E-state index contributed by atoms with van der Waals surface area (Å²) in [5.41, 5.74) is 0.881. The maximum atomic E-state index is 12.5. The lowest BCUT2D eigenvalue weighted by Crippen LogP contribution is -2.44. The molecule has 3 rings (SSSR count). The highest BCUT2D eigenvalue weighted by Gasteiger charge is 2.31. The first-order valence-corrected chi connectivity index (χ1v) is 11.1. The summed E-state index contributed by atoms with van der Waals surface area (Å²) in [4.78, 5) is 12.5. The molecule has 27 heavy (non-hydrogen) atoms. The van der Waals surface area contributed by atoms with Crippen molar-refractivity contribution in [3.8, 4) is 16.3 Å². The second-order valence-electron chi connectivity index (χ2n) is 6.23. The zero-order valence-corrected chi connectivity index (χ0v) is 16.8. The van der Waals surface area contributed by atoms with E-state index < -0.39 is 10.0 Å². The second kappa shape index (κ2) is 8.32. The van der Waals surface area contributed by atoms with Gasteiger partial charge in [-0.25, -0.2) is 12.7 Å². The van der Waals surface area contributed by atoms with Crippen molar-refractivity contribution < 1.29 is 17.9 Å². The third-order valence-corrected chi connectivity index (χ3v) is 7.24. The molecule has 2 aromatic rings. The van der Waals surface area contributed by atoms with Crippen LogP contribution in [0.4, 0.5) is 5.13 Å². The molecule has 0 saturated carbocycles. The van der Waals surface area contributed by atoms with E-state index in [1.54, 1.807) is 14.0 Å². The number of hydrogen-bond acceptors (Lipinski definition) is 7. The van der Waals surface area contributed by atoms with Crippen molar-refractivity contribution in [3.63, 3.8) is 0 Å². The van der Waals surface area contributed by atoms with Crippen LogP contribution in [0.3, 0.4) is 0 Å². The zero-order valence-electron chi connectivity index (χ0n) is 15.2. The molecule has 1 saturated heterocycles. The Hall–Kier alpha value is -2.04. The highest BCUT2D eigenvalue weighted by Crippen LogP contribution is 2.28. The van der Waals surface area contributed by atoms with E-state index in [-0.39, 0.29) is 24.1 Å². The average Bonchev–Trinajstić information content (AvgIpc) is 3.16. The number of carbonyl (C=O) groups excluding carboxylic acids is 1. The standard InChI is InChI=1S/C17H22N4O4S2/c1-3-27(23,24)21-10-4-5-13(11-21)15(22)18-17-20-19-16(26-17)12-6-8-14(25-2)9-7-12/h6-9,13H,3-5,10-11H2,1-2H3,(H,18,20,22)/t13-/m1/s1. The van der Waals surface area contributed by atoms with Gasteiger partial charge in [0.15, 0.2) is 0 Å². The number of ether oxygens (including phenoxy) is 1. The summed E-state index contributed by atoms with van der Waals surface area (Å²) >= 11 is 1.28. The number of carbonyl (C=O) groups is 1. The SMILES string of the molecule is CCS(=O)(=O)N1CCC[C@@H](C(=O)Nc2nnc(-c3ccc(OC)cc3)s2)C1. The number of hydrogen-bond donors (Lipinski definition) is 1. The third kappa shape index (κ3) is 4.63. The van der Waals surface area contributed by atoms with E-state index in [2.05, 4.69) is 15.5 Å². The molecule has 1 fully saturated rings. The first-order valence-electron chi connectivity index (χ1n) is 8.69. The minimum atomic E-state index is -3.28. The van der Waals surface area contributed by atoms with E-state index >= 15 is 0 Å². The Morgan fingerprint density at radius 3 is 2.74 bits per heavy atom. The summed E-state index contributed by atoms with van der Waals surface area (Å²) in [6.07, 6.45) is 1.33. The molecule has 1 N–H and O–H groups in total. The molecule has 1 aromatic heterocycles. The summed E-state index contributed by atoms with van der Waals surface area (Å²) in [7, 11) is -1.68. The van der Waals surface area contributed by atoms with Crippen molar-refractivity contribution in [2.45, 2.75) is 19.8 Å². The van der Waals surface area contributed by atoms with Crippen molar-refractivity contribution in [2.75, 3.05) is 31.3 Å². The Kier molecular flexibility index (Phi) is 6.08. The lowest BCUT2D eigenvalue weighted by atomic mass is 9.99. The van der Waals surface area contributed by atoms with Gasteiger partial charge in [0.05, 0.1) is 18.8 Å². The normalized spacial score (nSPS) is 18.2. The molecule has 0 radical (unpaired) electrons. The van der Waals surface area contributed by atoms with Crippen LogP contribution in [0.5, 0.6) is 5.75 Å². The fourth-order valence-electron chi connectivity index (χ4n) is 2.92. The predicted octanol–water partition coefficient (Wildman–Crippen LogP) is 2.21. The first-order chi connectivity index (χ1) is 12.9. The van der Waals surface area contributed by atoms with Crippen molar-refractivity contribution in [2.24, 2.45) is 5.92 Å². The summed E-state index contributed by atoms with van der Waals surface area (Å²) < 4.78 is 30.6. The minimum Gasteiger partial charge on any atom is -0.497 e. The van der Waals surface area contributed by atoms with E-state index in [1.807, 2.05) is 24.3 Å². The van der Waals surface area contributed by atoms with Crippen molar-refractivity contribution in [1.82, 2.24) is 14.5 Å². The average molecular weight is 411 g/mol. The quantitative estimate of drug-likeness (QED) is 0.783. The fourth-order valence-corrected chi connectivity index (χ4v) is 4.85. The minimum absolute atomic E-state index is 0.0446. The summed E-state index contributed by atoms with van der Waals surface area (Å²) in [6.45, 7) is 2.30. The van der Waals surface area contributed by atoms with Crippen molar-refractivity contribution in [1.29, 1.82) is 0 Å². The van der Waals surface area contributed by atoms with Gasteiger partial charge in [-0.2, -0.15) is 0 Å². The molecule has 146 valence electrons. The molecule has 8 nitrogen and oxygen atoms in total. The van der Waals surface area contributed by atoms with Crippen LogP contribution in [0.2, 0.25) is 0 Å². The molecule has 0 bridgehead atoms. The van der Waals surface area contributed by atoms with Gasteiger partial charge in [-0.1, -0.05) is 11.3 Å². The third-order valence-electron chi connectivity index (χ3n) is 4.51. The molecule has 0 aliphatic carbocycles. The molecule has 1 atom stereocenters. The van der Waals surface area contributed by atoms with Gasteiger partial charge >= 0.3 is 0 Å². The molecule has 0 spiro atoms. The second-order valence-corrected chi connectivity index (χ2v) is 9.46. The molecule has 1 aliphatic heterocycles. The molecule has 10 heteroatoms. The van der Waals surface area contributed by atoms with Crippen LogP contribution in [0.15, 0.2) is 24.3 Å². The highest BCUT2D eigenvalue weighted by molar-refractivity contribution is 7.89. The van der Waals surface area contributed by atoms with Crippen LogP contribution in [-0.4, -0.2) is 54.8 Å². The van der Waals surface area contributed by atoms with E-state index in [0.717, 1.165) is 11.3 Å². The molecular formula is C17H22N4O4S2. The van der Waals surface area contributed by atoms with E-state index in [9.17, 15) is 13.2 Å². The fraction of sp³-hybridized carbons (Fsp3) is 0.471. The number of amides is 1. The number of anilines is 1. The van der Waals surface area contributed by atoms with Gasteiger partial charge in [-0.3, -0.25) is 4.79 Å². The Labute approximate surface area is 162 Å². The van der Waals surface area contributed by atoms with Crippen LogP contribution in [0.1, 0.15) is 19.8 Å². The van der Waals surface area contributed by atoms with Crippen LogP contribution < -0.4 is 10.1 Å². The largest absolute Gasteiger partial charge is 0.497 e. The Balaban J connectivity index is 1.65. The number of rotatable bonds is 6.